The van der Waals surface area contributed by atoms with Gasteiger partial charge in [0, 0.05) is 19.0 Å². The van der Waals surface area contributed by atoms with Crippen LogP contribution in [0.1, 0.15) is 36.8 Å². The third-order valence-corrected chi connectivity index (χ3v) is 4.79. The van der Waals surface area contributed by atoms with Crippen LogP contribution in [0.3, 0.4) is 0 Å². The summed E-state index contributed by atoms with van der Waals surface area (Å²) in [6.07, 6.45) is -2.95. The van der Waals surface area contributed by atoms with E-state index >= 15 is 0 Å². The molecule has 0 saturated carbocycles. The molecular formula is C17H21F3N4O4S. The summed E-state index contributed by atoms with van der Waals surface area (Å²) < 4.78 is 69.1. The first-order chi connectivity index (χ1) is 13.1. The molecule has 160 valence electrons. The molecule has 2 heterocycles. The summed E-state index contributed by atoms with van der Waals surface area (Å²) >= 11 is 0. The average molecular weight is 434 g/mol. The number of nitrogens with one attached hydrogen (secondary N) is 1. The van der Waals surface area contributed by atoms with E-state index in [-0.39, 0.29) is 28.5 Å². The van der Waals surface area contributed by atoms with Crippen molar-refractivity contribution in [1.29, 1.82) is 0 Å². The molecule has 0 amide bonds. The van der Waals surface area contributed by atoms with Crippen molar-refractivity contribution < 1.29 is 31.1 Å². The van der Waals surface area contributed by atoms with E-state index in [4.69, 9.17) is 0 Å². The zero-order chi connectivity index (χ0) is 22.2. The van der Waals surface area contributed by atoms with Crippen molar-refractivity contribution in [2.24, 2.45) is 5.41 Å². The lowest BCUT2D eigenvalue weighted by molar-refractivity contribution is -0.141. The fraction of sp³-hybridized carbons (Fsp3) is 0.471. The van der Waals surface area contributed by atoms with Gasteiger partial charge in [-0.2, -0.15) is 23.0 Å². The van der Waals surface area contributed by atoms with Gasteiger partial charge in [0.1, 0.15) is 11.4 Å². The minimum absolute atomic E-state index is 0.102. The molecule has 0 aliphatic rings. The number of hydrogen-bond acceptors (Lipinski definition) is 7. The summed E-state index contributed by atoms with van der Waals surface area (Å²) in [5.74, 6) is -1.57. The molecule has 2 aromatic heterocycles. The lowest BCUT2D eigenvalue weighted by Gasteiger charge is -2.20. The molecule has 0 aliphatic carbocycles. The number of ether oxygens (including phenoxy) is 1. The normalized spacial score (nSPS) is 12.7. The van der Waals surface area contributed by atoms with Gasteiger partial charge >= 0.3 is 12.1 Å². The lowest BCUT2D eigenvalue weighted by Crippen LogP contribution is -2.22. The SMILES string of the molecule is COC(=O)c1c(C(F)(F)F)nn(-c2ccc(S(C)(=O)=O)cn2)c1NCC(C)(C)C. The van der Waals surface area contributed by atoms with Crippen LogP contribution in [0, 0.1) is 5.41 Å². The molecule has 0 saturated heterocycles. The van der Waals surface area contributed by atoms with E-state index in [1.165, 1.54) is 12.1 Å². The Morgan fingerprint density at radius 2 is 1.86 bits per heavy atom. The standard InChI is InChI=1S/C17H21F3N4O4S/c1-16(2,3)9-22-14-12(15(25)28-4)13(17(18,19)20)23-24(14)11-7-6-10(8-21-11)29(5,26)27/h6-8,22H,9H2,1-5H3. The molecule has 1 N–H and O–H groups in total. The molecule has 0 bridgehead atoms. The van der Waals surface area contributed by atoms with Gasteiger partial charge in [-0.25, -0.2) is 18.2 Å². The maximum absolute atomic E-state index is 13.5. The van der Waals surface area contributed by atoms with Crippen molar-refractivity contribution in [2.45, 2.75) is 31.8 Å². The van der Waals surface area contributed by atoms with Gasteiger partial charge in [0.25, 0.3) is 0 Å². The van der Waals surface area contributed by atoms with E-state index in [2.05, 4.69) is 20.1 Å². The maximum atomic E-state index is 13.5. The Morgan fingerprint density at radius 1 is 1.24 bits per heavy atom. The molecule has 0 aromatic carbocycles. The van der Waals surface area contributed by atoms with Gasteiger partial charge in [-0.05, 0) is 17.5 Å². The highest BCUT2D eigenvalue weighted by Gasteiger charge is 2.42. The summed E-state index contributed by atoms with van der Waals surface area (Å²) in [4.78, 5) is 15.9. The highest BCUT2D eigenvalue weighted by molar-refractivity contribution is 7.90. The molecule has 0 spiro atoms. The summed E-state index contributed by atoms with van der Waals surface area (Å²) in [7, 11) is -2.58. The van der Waals surface area contributed by atoms with E-state index < -0.39 is 33.2 Å². The van der Waals surface area contributed by atoms with Crippen molar-refractivity contribution in [2.75, 3.05) is 25.2 Å². The topological polar surface area (TPSA) is 103 Å². The number of esters is 1. The van der Waals surface area contributed by atoms with Crippen LogP contribution in [0.5, 0.6) is 0 Å². The number of methoxy groups -OCH3 is 1. The molecular weight excluding hydrogens is 413 g/mol. The fourth-order valence-electron chi connectivity index (χ4n) is 2.31. The number of alkyl halides is 3. The summed E-state index contributed by atoms with van der Waals surface area (Å²) in [6.45, 7) is 5.76. The second-order valence-electron chi connectivity index (χ2n) is 7.51. The third kappa shape index (κ3) is 5.25. The highest BCUT2D eigenvalue weighted by Crippen LogP contribution is 2.36. The Balaban J connectivity index is 2.72. The van der Waals surface area contributed by atoms with Crippen molar-refractivity contribution in [3.05, 3.63) is 29.6 Å². The first kappa shape index (κ1) is 22.7. The molecule has 2 aromatic rings. The molecule has 29 heavy (non-hydrogen) atoms. The quantitative estimate of drug-likeness (QED) is 0.722. The number of nitrogens with zero attached hydrogens (tertiary/aromatic N) is 3. The second kappa shape index (κ2) is 7.65. The lowest BCUT2D eigenvalue weighted by atomic mass is 9.97. The Labute approximate surface area is 166 Å². The zero-order valence-electron chi connectivity index (χ0n) is 16.5. The van der Waals surface area contributed by atoms with Crippen molar-refractivity contribution in [1.82, 2.24) is 14.8 Å². The predicted molar refractivity (Wildman–Crippen MR) is 98.8 cm³/mol. The van der Waals surface area contributed by atoms with Crippen LogP contribution in [0.25, 0.3) is 5.82 Å². The van der Waals surface area contributed by atoms with Gasteiger partial charge in [0.2, 0.25) is 0 Å². The maximum Gasteiger partial charge on any atom is 0.436 e. The number of halogens is 3. The van der Waals surface area contributed by atoms with E-state index in [1.54, 1.807) is 0 Å². The number of anilines is 1. The van der Waals surface area contributed by atoms with Gasteiger partial charge in [-0.3, -0.25) is 0 Å². The minimum Gasteiger partial charge on any atom is -0.465 e. The Bertz CT molecular complexity index is 1010. The summed E-state index contributed by atoms with van der Waals surface area (Å²) in [5, 5.41) is 6.34. The molecule has 2 rings (SSSR count). The molecule has 0 aliphatic heterocycles. The first-order valence-electron chi connectivity index (χ1n) is 8.34. The van der Waals surface area contributed by atoms with Crippen LogP contribution in [-0.4, -0.2) is 49.1 Å². The fourth-order valence-corrected chi connectivity index (χ4v) is 2.87. The predicted octanol–water partition coefficient (Wildman–Crippen LogP) is 2.93. The van der Waals surface area contributed by atoms with E-state index in [9.17, 15) is 26.4 Å². The number of carbonyl (C=O) groups is 1. The van der Waals surface area contributed by atoms with Crippen LogP contribution < -0.4 is 5.32 Å². The second-order valence-corrected chi connectivity index (χ2v) is 9.53. The highest BCUT2D eigenvalue weighted by atomic mass is 32.2. The molecule has 0 atom stereocenters. The minimum atomic E-state index is -4.93. The monoisotopic (exact) mass is 434 g/mol. The molecule has 0 fully saturated rings. The Morgan fingerprint density at radius 3 is 2.28 bits per heavy atom. The van der Waals surface area contributed by atoms with Gasteiger partial charge in [-0.15, -0.1) is 0 Å². The van der Waals surface area contributed by atoms with Gasteiger partial charge in [0.15, 0.2) is 21.3 Å². The summed E-state index contributed by atoms with van der Waals surface area (Å²) in [6, 6.07) is 2.39. The van der Waals surface area contributed by atoms with Crippen LogP contribution in [-0.2, 0) is 20.8 Å². The molecule has 12 heteroatoms. The van der Waals surface area contributed by atoms with Gasteiger partial charge < -0.3 is 10.1 Å². The zero-order valence-corrected chi connectivity index (χ0v) is 17.3. The molecule has 0 unspecified atom stereocenters. The first-order valence-corrected chi connectivity index (χ1v) is 10.2. The largest absolute Gasteiger partial charge is 0.465 e. The molecule has 0 radical (unpaired) electrons. The smallest absolute Gasteiger partial charge is 0.436 e. The van der Waals surface area contributed by atoms with Crippen molar-refractivity contribution in [3.63, 3.8) is 0 Å². The average Bonchev–Trinajstić information content (AvgIpc) is 2.98. The summed E-state index contributed by atoms with van der Waals surface area (Å²) in [5.41, 5.74) is -2.55. The number of rotatable bonds is 5. The number of pyridine rings is 1. The number of hydrogen-bond donors (Lipinski definition) is 1. The van der Waals surface area contributed by atoms with Crippen LogP contribution >= 0.6 is 0 Å². The van der Waals surface area contributed by atoms with E-state index in [0.29, 0.717) is 0 Å². The third-order valence-electron chi connectivity index (χ3n) is 3.70. The Kier molecular flexibility index (Phi) is 5.98. The Hall–Kier alpha value is -2.63. The van der Waals surface area contributed by atoms with Crippen molar-refractivity contribution in [3.8, 4) is 5.82 Å². The molecule has 8 nitrogen and oxygen atoms in total. The number of sulfone groups is 1. The van der Waals surface area contributed by atoms with Gasteiger partial charge in [0.05, 0.1) is 12.0 Å². The van der Waals surface area contributed by atoms with E-state index in [1.807, 2.05) is 20.8 Å². The van der Waals surface area contributed by atoms with Crippen molar-refractivity contribution >= 4 is 21.6 Å². The number of aromatic nitrogens is 3. The van der Waals surface area contributed by atoms with Crippen LogP contribution in [0.4, 0.5) is 19.0 Å². The number of carbonyl (C=O) groups excluding carboxylic acids is 1. The van der Waals surface area contributed by atoms with Gasteiger partial charge in [-0.1, -0.05) is 20.8 Å². The van der Waals surface area contributed by atoms with Crippen LogP contribution in [0.15, 0.2) is 23.2 Å². The van der Waals surface area contributed by atoms with Crippen LogP contribution in [0.2, 0.25) is 0 Å². The van der Waals surface area contributed by atoms with E-state index in [0.717, 1.165) is 24.2 Å².